The Labute approximate surface area is 138 Å². The molecule has 1 aromatic carbocycles. The van der Waals surface area contributed by atoms with Crippen LogP contribution in [0.15, 0.2) is 18.2 Å². The summed E-state index contributed by atoms with van der Waals surface area (Å²) in [7, 11) is 3.16. The molecule has 1 aromatic rings. The minimum atomic E-state index is 0. The van der Waals surface area contributed by atoms with E-state index in [1.54, 1.807) is 32.4 Å². The molecule has 1 aliphatic rings. The summed E-state index contributed by atoms with van der Waals surface area (Å²) in [5, 5.41) is 0. The van der Waals surface area contributed by atoms with Crippen LogP contribution in [-0.4, -0.2) is 44.2 Å². The van der Waals surface area contributed by atoms with Crippen molar-refractivity contribution < 1.29 is 14.3 Å². The fourth-order valence-corrected chi connectivity index (χ4v) is 2.77. The molecule has 22 heavy (non-hydrogen) atoms. The highest BCUT2D eigenvalue weighted by Crippen LogP contribution is 2.27. The number of halogens is 1. The summed E-state index contributed by atoms with van der Waals surface area (Å²) in [6, 6.07) is 5.47. The predicted molar refractivity (Wildman–Crippen MR) is 89.1 cm³/mol. The number of nitrogens with zero attached hydrogens (tertiary/aromatic N) is 1. The number of piperidine rings is 1. The van der Waals surface area contributed by atoms with Gasteiger partial charge >= 0.3 is 0 Å². The summed E-state index contributed by atoms with van der Waals surface area (Å²) < 4.78 is 10.5. The Morgan fingerprint density at radius 3 is 2.41 bits per heavy atom. The number of rotatable bonds is 4. The number of nitrogens with two attached hydrogens (primary N) is 1. The van der Waals surface area contributed by atoms with Gasteiger partial charge in [0.25, 0.3) is 5.91 Å². The van der Waals surface area contributed by atoms with Gasteiger partial charge in [-0.25, -0.2) is 0 Å². The lowest BCUT2D eigenvalue weighted by atomic mass is 9.90. The van der Waals surface area contributed by atoms with Crippen LogP contribution in [-0.2, 0) is 0 Å². The molecular formula is C16H25ClN2O3. The number of carbonyl (C=O) groups excluding carboxylic acids is 1. The van der Waals surface area contributed by atoms with Crippen LogP contribution in [0.2, 0.25) is 0 Å². The van der Waals surface area contributed by atoms with Crippen molar-refractivity contribution in [3.8, 4) is 11.5 Å². The molecule has 5 nitrogen and oxygen atoms in total. The maximum atomic E-state index is 12.6. The molecule has 0 spiro atoms. The topological polar surface area (TPSA) is 64.8 Å². The molecule has 1 atom stereocenters. The first-order valence-corrected chi connectivity index (χ1v) is 7.33. The second-order valence-corrected chi connectivity index (χ2v) is 5.55. The average molecular weight is 329 g/mol. The number of carbonyl (C=O) groups is 1. The van der Waals surface area contributed by atoms with Crippen LogP contribution in [0.25, 0.3) is 0 Å². The predicted octanol–water partition coefficient (Wildman–Crippen LogP) is 2.33. The largest absolute Gasteiger partial charge is 0.497 e. The van der Waals surface area contributed by atoms with E-state index in [0.717, 1.165) is 25.9 Å². The van der Waals surface area contributed by atoms with E-state index < -0.39 is 0 Å². The number of ether oxygens (including phenoxy) is 2. The summed E-state index contributed by atoms with van der Waals surface area (Å²) in [5.74, 6) is 1.75. The summed E-state index contributed by atoms with van der Waals surface area (Å²) in [6.07, 6.45) is 1.92. The fourth-order valence-electron chi connectivity index (χ4n) is 2.77. The first kappa shape index (κ1) is 18.6. The van der Waals surface area contributed by atoms with E-state index in [-0.39, 0.29) is 24.4 Å². The van der Waals surface area contributed by atoms with Crippen molar-refractivity contribution in [1.29, 1.82) is 0 Å². The van der Waals surface area contributed by atoms with Crippen molar-refractivity contribution in [3.05, 3.63) is 23.8 Å². The molecule has 0 radical (unpaired) electrons. The molecule has 1 heterocycles. The summed E-state index contributed by atoms with van der Waals surface area (Å²) in [6.45, 7) is 3.54. The van der Waals surface area contributed by atoms with E-state index in [2.05, 4.69) is 0 Å². The van der Waals surface area contributed by atoms with Crippen LogP contribution in [0.5, 0.6) is 11.5 Å². The van der Waals surface area contributed by atoms with Crippen LogP contribution >= 0.6 is 12.4 Å². The summed E-state index contributed by atoms with van der Waals surface area (Å²) in [5.41, 5.74) is 6.52. The smallest absolute Gasteiger partial charge is 0.257 e. The molecule has 0 aliphatic carbocycles. The molecule has 6 heteroatoms. The van der Waals surface area contributed by atoms with E-state index in [9.17, 15) is 4.79 Å². The zero-order valence-corrected chi connectivity index (χ0v) is 14.2. The average Bonchev–Trinajstić information content (AvgIpc) is 2.53. The highest BCUT2D eigenvalue weighted by Gasteiger charge is 2.27. The van der Waals surface area contributed by atoms with Crippen LogP contribution in [0.4, 0.5) is 0 Å². The van der Waals surface area contributed by atoms with Crippen molar-refractivity contribution in [2.24, 2.45) is 11.7 Å². The van der Waals surface area contributed by atoms with Gasteiger partial charge < -0.3 is 20.1 Å². The van der Waals surface area contributed by atoms with Gasteiger partial charge in [-0.3, -0.25) is 4.79 Å². The lowest BCUT2D eigenvalue weighted by Gasteiger charge is -2.34. The van der Waals surface area contributed by atoms with E-state index in [1.165, 1.54) is 0 Å². The maximum absolute atomic E-state index is 12.6. The Kier molecular flexibility index (Phi) is 6.97. The second-order valence-electron chi connectivity index (χ2n) is 5.55. The monoisotopic (exact) mass is 328 g/mol. The van der Waals surface area contributed by atoms with Crippen molar-refractivity contribution >= 4 is 18.3 Å². The Morgan fingerprint density at radius 2 is 1.91 bits per heavy atom. The number of hydrogen-bond acceptors (Lipinski definition) is 4. The normalized spacial score (nSPS) is 16.6. The second kappa shape index (κ2) is 8.25. The number of methoxy groups -OCH3 is 2. The first-order valence-electron chi connectivity index (χ1n) is 7.33. The molecule has 0 bridgehead atoms. The lowest BCUT2D eigenvalue weighted by Crippen LogP contribution is -2.42. The summed E-state index contributed by atoms with van der Waals surface area (Å²) in [4.78, 5) is 14.5. The van der Waals surface area contributed by atoms with Crippen molar-refractivity contribution in [2.45, 2.75) is 25.8 Å². The van der Waals surface area contributed by atoms with Gasteiger partial charge in [0.15, 0.2) is 0 Å². The first-order chi connectivity index (χ1) is 10.1. The molecule has 124 valence electrons. The highest BCUT2D eigenvalue weighted by atomic mass is 35.5. The van der Waals surface area contributed by atoms with Crippen LogP contribution in [0.1, 0.15) is 30.1 Å². The Balaban J connectivity index is 0.00000242. The third-order valence-electron chi connectivity index (χ3n) is 4.21. The van der Waals surface area contributed by atoms with Gasteiger partial charge in [0.2, 0.25) is 0 Å². The Hall–Kier alpha value is -1.46. The minimum Gasteiger partial charge on any atom is -0.497 e. The van der Waals surface area contributed by atoms with Gasteiger partial charge in [-0.1, -0.05) is 0 Å². The zero-order valence-electron chi connectivity index (χ0n) is 13.4. The van der Waals surface area contributed by atoms with Crippen molar-refractivity contribution in [2.75, 3.05) is 27.3 Å². The number of amides is 1. The number of benzene rings is 1. The maximum Gasteiger partial charge on any atom is 0.257 e. The van der Waals surface area contributed by atoms with Gasteiger partial charge in [0, 0.05) is 25.2 Å². The van der Waals surface area contributed by atoms with Crippen LogP contribution in [0.3, 0.4) is 0 Å². The quantitative estimate of drug-likeness (QED) is 0.921. The molecular weight excluding hydrogens is 304 g/mol. The van der Waals surface area contributed by atoms with Crippen LogP contribution in [0, 0.1) is 5.92 Å². The Bertz CT molecular complexity index is 500. The number of hydrogen-bond donors (Lipinski definition) is 1. The van der Waals surface area contributed by atoms with Gasteiger partial charge in [0.05, 0.1) is 19.8 Å². The third-order valence-corrected chi connectivity index (χ3v) is 4.21. The third kappa shape index (κ3) is 4.05. The molecule has 1 unspecified atom stereocenters. The van der Waals surface area contributed by atoms with Gasteiger partial charge in [-0.15, -0.1) is 12.4 Å². The van der Waals surface area contributed by atoms with Crippen molar-refractivity contribution in [1.82, 2.24) is 4.90 Å². The molecule has 0 aromatic heterocycles. The van der Waals surface area contributed by atoms with E-state index in [1.807, 2.05) is 11.8 Å². The molecule has 1 saturated heterocycles. The van der Waals surface area contributed by atoms with E-state index in [0.29, 0.717) is 23.0 Å². The highest BCUT2D eigenvalue weighted by molar-refractivity contribution is 5.97. The SMILES string of the molecule is COc1ccc(C(=O)N2CCC(C(C)N)CC2)c(OC)c1.Cl. The standard InChI is InChI=1S/C16H24N2O3.ClH/c1-11(17)12-6-8-18(9-7-12)16(19)14-5-4-13(20-2)10-15(14)21-3;/h4-5,10-12H,6-9,17H2,1-3H3;1H. The fraction of sp³-hybridized carbons (Fsp3) is 0.562. The van der Waals surface area contributed by atoms with Gasteiger partial charge in [0.1, 0.15) is 11.5 Å². The molecule has 0 saturated carbocycles. The van der Waals surface area contributed by atoms with Gasteiger partial charge in [-0.05, 0) is 37.8 Å². The molecule has 2 rings (SSSR count). The molecule has 1 fully saturated rings. The molecule has 2 N–H and O–H groups in total. The van der Waals surface area contributed by atoms with Crippen molar-refractivity contribution in [3.63, 3.8) is 0 Å². The van der Waals surface area contributed by atoms with Crippen LogP contribution < -0.4 is 15.2 Å². The lowest BCUT2D eigenvalue weighted by molar-refractivity contribution is 0.0677. The summed E-state index contributed by atoms with van der Waals surface area (Å²) >= 11 is 0. The zero-order chi connectivity index (χ0) is 15.4. The van der Waals surface area contributed by atoms with Gasteiger partial charge in [-0.2, -0.15) is 0 Å². The van der Waals surface area contributed by atoms with E-state index >= 15 is 0 Å². The Morgan fingerprint density at radius 1 is 1.27 bits per heavy atom. The number of likely N-dealkylation sites (tertiary alicyclic amines) is 1. The molecule has 1 aliphatic heterocycles. The molecule has 1 amide bonds. The minimum absolute atomic E-state index is 0. The van der Waals surface area contributed by atoms with E-state index in [4.69, 9.17) is 15.2 Å².